The number of aromatic nitrogens is 2. The third-order valence-corrected chi connectivity index (χ3v) is 3.48. The Labute approximate surface area is 69.5 Å². The zero-order valence-electron chi connectivity index (χ0n) is 7.55. The van der Waals surface area contributed by atoms with E-state index >= 15 is 0 Å². The van der Waals surface area contributed by atoms with E-state index in [0.29, 0.717) is 11.8 Å². The Balaban J connectivity index is 2.82. The molecule has 0 N–H and O–H groups in total. The maximum Gasteiger partial charge on any atom is 0.0831 e. The molecule has 0 amide bonds. The minimum atomic E-state index is 0.563. The fourth-order valence-electron chi connectivity index (χ4n) is 0.809. The van der Waals surface area contributed by atoms with Crippen LogP contribution in [0.25, 0.3) is 0 Å². The molecule has 0 saturated carbocycles. The molecule has 0 aliphatic rings. The highest BCUT2D eigenvalue weighted by atomic mass is 31.0. The fourth-order valence-corrected chi connectivity index (χ4v) is 1.85. The summed E-state index contributed by atoms with van der Waals surface area (Å²) >= 11 is 0. The van der Waals surface area contributed by atoms with Gasteiger partial charge < -0.3 is 0 Å². The first-order valence-corrected chi connectivity index (χ1v) is 5.03. The number of rotatable bonds is 2. The van der Waals surface area contributed by atoms with Crippen LogP contribution in [0.3, 0.4) is 0 Å². The van der Waals surface area contributed by atoms with Crippen LogP contribution in [0.1, 0.15) is 50.4 Å². The average molecular weight is 170 g/mol. The SMILES string of the molecule is CC(C)c1nnc(C(C)C)[pH]1. The van der Waals surface area contributed by atoms with Gasteiger partial charge in [0.05, 0.1) is 10.9 Å². The zero-order valence-corrected chi connectivity index (χ0v) is 8.55. The molecule has 3 heteroatoms. The van der Waals surface area contributed by atoms with Crippen molar-refractivity contribution in [2.45, 2.75) is 39.5 Å². The Hall–Kier alpha value is -0.360. The van der Waals surface area contributed by atoms with Crippen LogP contribution in [-0.2, 0) is 0 Å². The van der Waals surface area contributed by atoms with E-state index in [2.05, 4.69) is 37.9 Å². The Morgan fingerprint density at radius 3 is 1.45 bits per heavy atom. The van der Waals surface area contributed by atoms with E-state index in [0.717, 1.165) is 8.19 Å². The fraction of sp³-hybridized carbons (Fsp3) is 0.750. The van der Waals surface area contributed by atoms with Crippen molar-refractivity contribution >= 4 is 8.19 Å². The monoisotopic (exact) mass is 170 g/mol. The van der Waals surface area contributed by atoms with Crippen molar-refractivity contribution in [1.29, 1.82) is 0 Å². The quantitative estimate of drug-likeness (QED) is 0.682. The van der Waals surface area contributed by atoms with Crippen LogP contribution in [0.15, 0.2) is 0 Å². The molecule has 0 fully saturated rings. The van der Waals surface area contributed by atoms with E-state index in [1.165, 1.54) is 10.9 Å². The van der Waals surface area contributed by atoms with Gasteiger partial charge in [0.25, 0.3) is 0 Å². The van der Waals surface area contributed by atoms with Crippen LogP contribution in [0.4, 0.5) is 0 Å². The molecule has 0 saturated heterocycles. The Morgan fingerprint density at radius 2 is 1.27 bits per heavy atom. The second-order valence-electron chi connectivity index (χ2n) is 3.40. The summed E-state index contributed by atoms with van der Waals surface area (Å²) in [5, 5.41) is 8.31. The maximum absolute atomic E-state index is 4.15. The summed E-state index contributed by atoms with van der Waals surface area (Å²) in [6.07, 6.45) is 0. The van der Waals surface area contributed by atoms with Gasteiger partial charge in [-0.25, -0.2) is 0 Å². The lowest BCUT2D eigenvalue weighted by atomic mass is 10.2. The molecular weight excluding hydrogens is 155 g/mol. The van der Waals surface area contributed by atoms with Crippen molar-refractivity contribution in [3.63, 3.8) is 0 Å². The predicted octanol–water partition coefficient (Wildman–Crippen LogP) is 2.75. The van der Waals surface area contributed by atoms with Gasteiger partial charge in [0, 0.05) is 11.8 Å². The van der Waals surface area contributed by atoms with E-state index in [1.807, 2.05) is 0 Å². The summed E-state index contributed by atoms with van der Waals surface area (Å²) in [6.45, 7) is 8.68. The summed E-state index contributed by atoms with van der Waals surface area (Å²) in [4.78, 5) is 0. The number of hydrogen-bond donors (Lipinski definition) is 0. The molecule has 0 spiro atoms. The van der Waals surface area contributed by atoms with Crippen molar-refractivity contribution in [3.05, 3.63) is 10.9 Å². The van der Waals surface area contributed by atoms with Crippen molar-refractivity contribution in [3.8, 4) is 0 Å². The van der Waals surface area contributed by atoms with Crippen LogP contribution in [-0.4, -0.2) is 10.2 Å². The molecule has 0 aliphatic heterocycles. The second kappa shape index (κ2) is 3.36. The highest BCUT2D eigenvalue weighted by Gasteiger charge is 2.07. The Bertz CT molecular complexity index is 205. The largest absolute Gasteiger partial charge is 0.151 e. The third kappa shape index (κ3) is 2.03. The lowest BCUT2D eigenvalue weighted by Gasteiger charge is -1.97. The lowest BCUT2D eigenvalue weighted by Crippen LogP contribution is -1.85. The Kier molecular flexibility index (Phi) is 2.67. The molecule has 0 aromatic carbocycles. The van der Waals surface area contributed by atoms with E-state index in [1.54, 1.807) is 0 Å². The first-order chi connectivity index (χ1) is 5.11. The lowest BCUT2D eigenvalue weighted by molar-refractivity contribution is 0.791. The molecule has 2 nitrogen and oxygen atoms in total. The molecule has 0 bridgehead atoms. The third-order valence-electron chi connectivity index (χ3n) is 1.62. The topological polar surface area (TPSA) is 25.8 Å². The molecule has 1 heterocycles. The van der Waals surface area contributed by atoms with Gasteiger partial charge >= 0.3 is 0 Å². The van der Waals surface area contributed by atoms with Gasteiger partial charge in [0.1, 0.15) is 0 Å². The molecule has 1 aromatic heterocycles. The van der Waals surface area contributed by atoms with Crippen LogP contribution < -0.4 is 0 Å². The molecule has 11 heavy (non-hydrogen) atoms. The van der Waals surface area contributed by atoms with Gasteiger partial charge in [0.2, 0.25) is 0 Å². The highest BCUT2D eigenvalue weighted by Crippen LogP contribution is 2.28. The van der Waals surface area contributed by atoms with Gasteiger partial charge in [-0.05, 0) is 0 Å². The molecule has 62 valence electrons. The summed E-state index contributed by atoms with van der Waals surface area (Å²) < 4.78 is 0. The molecule has 0 aliphatic carbocycles. The van der Waals surface area contributed by atoms with Gasteiger partial charge in [-0.2, -0.15) is 10.2 Å². The standard InChI is InChI=1S/C8H15N2P/c1-5(2)7-9-10-8(11-7)6(3)4/h5-6,11H,1-4H3. The highest BCUT2D eigenvalue weighted by molar-refractivity contribution is 7.31. The van der Waals surface area contributed by atoms with Crippen LogP contribution >= 0.6 is 8.19 Å². The van der Waals surface area contributed by atoms with Gasteiger partial charge in [-0.15, -0.1) is 0 Å². The number of nitrogens with zero attached hydrogens (tertiary/aromatic N) is 2. The second-order valence-corrected chi connectivity index (χ2v) is 4.68. The maximum atomic E-state index is 4.15. The first kappa shape index (κ1) is 8.73. The van der Waals surface area contributed by atoms with Crippen LogP contribution in [0, 0.1) is 0 Å². The normalized spacial score (nSPS) is 11.5. The molecule has 1 aromatic rings. The molecule has 0 radical (unpaired) electrons. The smallest absolute Gasteiger partial charge is 0.0831 e. The van der Waals surface area contributed by atoms with Gasteiger partial charge in [0.15, 0.2) is 0 Å². The molecule has 0 unspecified atom stereocenters. The summed E-state index contributed by atoms with van der Waals surface area (Å²) in [7, 11) is 0.752. The van der Waals surface area contributed by atoms with E-state index in [9.17, 15) is 0 Å². The van der Waals surface area contributed by atoms with Crippen LogP contribution in [0.5, 0.6) is 0 Å². The van der Waals surface area contributed by atoms with Gasteiger partial charge in [-0.3, -0.25) is 0 Å². The summed E-state index contributed by atoms with van der Waals surface area (Å²) in [6, 6.07) is 0. The summed E-state index contributed by atoms with van der Waals surface area (Å²) in [5.74, 6) is 1.13. The van der Waals surface area contributed by atoms with E-state index in [-0.39, 0.29) is 0 Å². The minimum absolute atomic E-state index is 0.563. The predicted molar refractivity (Wildman–Crippen MR) is 49.7 cm³/mol. The molecular formula is C8H15N2P. The molecule has 0 atom stereocenters. The zero-order chi connectivity index (χ0) is 8.43. The molecule has 1 rings (SSSR count). The van der Waals surface area contributed by atoms with Crippen molar-refractivity contribution in [1.82, 2.24) is 10.2 Å². The minimum Gasteiger partial charge on any atom is -0.151 e. The van der Waals surface area contributed by atoms with Crippen LogP contribution in [0.2, 0.25) is 0 Å². The van der Waals surface area contributed by atoms with E-state index < -0.39 is 0 Å². The van der Waals surface area contributed by atoms with Crippen molar-refractivity contribution in [2.24, 2.45) is 0 Å². The average Bonchev–Trinajstić information content (AvgIpc) is 2.33. The van der Waals surface area contributed by atoms with E-state index in [4.69, 9.17) is 0 Å². The first-order valence-electron chi connectivity index (χ1n) is 4.03. The number of hydrogen-bond acceptors (Lipinski definition) is 2. The summed E-state index contributed by atoms with van der Waals surface area (Å²) in [5.41, 5.74) is 2.52. The van der Waals surface area contributed by atoms with Gasteiger partial charge in [-0.1, -0.05) is 35.9 Å². The van der Waals surface area contributed by atoms with Crippen molar-refractivity contribution < 1.29 is 0 Å². The van der Waals surface area contributed by atoms with Crippen molar-refractivity contribution in [2.75, 3.05) is 0 Å². The Morgan fingerprint density at radius 1 is 0.909 bits per heavy atom.